The van der Waals surface area contributed by atoms with Crippen LogP contribution in [0.25, 0.3) is 0 Å². The van der Waals surface area contributed by atoms with Crippen molar-refractivity contribution in [2.75, 3.05) is 6.61 Å². The highest BCUT2D eigenvalue weighted by Crippen LogP contribution is 2.41. The second-order valence-electron chi connectivity index (χ2n) is 4.17. The van der Waals surface area contributed by atoms with Crippen LogP contribution in [0.15, 0.2) is 12.1 Å². The van der Waals surface area contributed by atoms with Crippen molar-refractivity contribution in [2.45, 2.75) is 19.3 Å². The van der Waals surface area contributed by atoms with Crippen LogP contribution in [0.5, 0.6) is 5.75 Å². The summed E-state index contributed by atoms with van der Waals surface area (Å²) < 4.78 is 6.64. The zero-order valence-electron chi connectivity index (χ0n) is 8.13. The van der Waals surface area contributed by atoms with Crippen LogP contribution in [0.1, 0.15) is 29.8 Å². The third kappa shape index (κ3) is 1.43. The standard InChI is InChI=1S/C11H11IO2/c1-11(2)6-14-10-8(11)3-7(5-13)4-9(10)12/h3-5H,6H2,1-2H3. The Bertz CT molecular complexity index is 397. The van der Waals surface area contributed by atoms with Crippen molar-refractivity contribution in [3.63, 3.8) is 0 Å². The van der Waals surface area contributed by atoms with Crippen LogP contribution in [-0.4, -0.2) is 12.9 Å². The Morgan fingerprint density at radius 1 is 1.50 bits per heavy atom. The minimum atomic E-state index is 0.0221. The molecule has 0 N–H and O–H groups in total. The largest absolute Gasteiger partial charge is 0.491 e. The fourth-order valence-corrected chi connectivity index (χ4v) is 2.47. The molecule has 1 aromatic carbocycles. The molecule has 0 aromatic heterocycles. The van der Waals surface area contributed by atoms with Crippen LogP contribution in [-0.2, 0) is 5.41 Å². The monoisotopic (exact) mass is 302 g/mol. The molecule has 0 atom stereocenters. The highest BCUT2D eigenvalue weighted by Gasteiger charge is 2.33. The summed E-state index contributed by atoms with van der Waals surface area (Å²) in [4.78, 5) is 10.7. The lowest BCUT2D eigenvalue weighted by Crippen LogP contribution is -2.18. The number of rotatable bonds is 1. The van der Waals surface area contributed by atoms with Gasteiger partial charge in [0.15, 0.2) is 0 Å². The third-order valence-corrected chi connectivity index (χ3v) is 3.31. The summed E-state index contributed by atoms with van der Waals surface area (Å²) in [6.45, 7) is 4.95. The van der Waals surface area contributed by atoms with Gasteiger partial charge in [-0.05, 0) is 34.7 Å². The molecule has 74 valence electrons. The Morgan fingerprint density at radius 3 is 2.86 bits per heavy atom. The van der Waals surface area contributed by atoms with E-state index in [1.165, 1.54) is 0 Å². The van der Waals surface area contributed by atoms with Crippen LogP contribution in [0, 0.1) is 3.57 Å². The lowest BCUT2D eigenvalue weighted by molar-refractivity contribution is 0.112. The topological polar surface area (TPSA) is 26.3 Å². The predicted octanol–water partition coefficient (Wildman–Crippen LogP) is 2.77. The Kier molecular flexibility index (Phi) is 2.29. The van der Waals surface area contributed by atoms with Gasteiger partial charge in [0.1, 0.15) is 12.0 Å². The predicted molar refractivity (Wildman–Crippen MR) is 63.1 cm³/mol. The molecule has 0 spiro atoms. The second-order valence-corrected chi connectivity index (χ2v) is 5.33. The third-order valence-electron chi connectivity index (χ3n) is 2.51. The quantitative estimate of drug-likeness (QED) is 0.589. The Morgan fingerprint density at radius 2 is 2.21 bits per heavy atom. The van der Waals surface area contributed by atoms with Gasteiger partial charge < -0.3 is 4.74 Å². The molecule has 0 saturated carbocycles. The Balaban J connectivity index is 2.65. The van der Waals surface area contributed by atoms with Crippen molar-refractivity contribution in [2.24, 2.45) is 0 Å². The Labute approximate surface area is 96.8 Å². The number of aldehydes is 1. The van der Waals surface area contributed by atoms with Crippen LogP contribution < -0.4 is 4.74 Å². The number of carbonyl (C=O) groups excluding carboxylic acids is 1. The Hall–Kier alpha value is -0.580. The van der Waals surface area contributed by atoms with Gasteiger partial charge >= 0.3 is 0 Å². The van der Waals surface area contributed by atoms with Gasteiger partial charge in [0, 0.05) is 16.5 Å². The number of hydrogen-bond donors (Lipinski definition) is 0. The van der Waals surface area contributed by atoms with Gasteiger partial charge in [-0.25, -0.2) is 0 Å². The molecule has 0 saturated heterocycles. The molecular formula is C11H11IO2. The van der Waals surface area contributed by atoms with Crippen molar-refractivity contribution in [1.29, 1.82) is 0 Å². The first-order chi connectivity index (χ1) is 6.54. The molecule has 2 rings (SSSR count). The summed E-state index contributed by atoms with van der Waals surface area (Å²) in [5.41, 5.74) is 1.90. The van der Waals surface area contributed by atoms with Crippen LogP contribution >= 0.6 is 22.6 Å². The van der Waals surface area contributed by atoms with Crippen LogP contribution in [0.2, 0.25) is 0 Å². The minimum Gasteiger partial charge on any atom is -0.491 e. The van der Waals surface area contributed by atoms with Crippen molar-refractivity contribution >= 4 is 28.9 Å². The number of carbonyl (C=O) groups is 1. The normalized spacial score (nSPS) is 17.4. The molecule has 0 amide bonds. The molecule has 0 aliphatic carbocycles. The molecule has 1 aliphatic heterocycles. The van der Waals surface area contributed by atoms with E-state index < -0.39 is 0 Å². The molecule has 0 radical (unpaired) electrons. The van der Waals surface area contributed by atoms with Gasteiger partial charge in [-0.15, -0.1) is 0 Å². The molecule has 3 heteroatoms. The van der Waals surface area contributed by atoms with E-state index in [2.05, 4.69) is 36.4 Å². The summed E-state index contributed by atoms with van der Waals surface area (Å²) in [6, 6.07) is 3.78. The molecule has 0 unspecified atom stereocenters. The van der Waals surface area contributed by atoms with Gasteiger partial charge in [0.25, 0.3) is 0 Å². The smallest absolute Gasteiger partial charge is 0.150 e. The number of fused-ring (bicyclic) bond motifs is 1. The van der Waals surface area contributed by atoms with Gasteiger partial charge in [-0.1, -0.05) is 13.8 Å². The lowest BCUT2D eigenvalue weighted by atomic mass is 9.86. The first-order valence-electron chi connectivity index (χ1n) is 4.46. The van der Waals surface area contributed by atoms with Crippen molar-refractivity contribution in [1.82, 2.24) is 0 Å². The second kappa shape index (κ2) is 3.22. The molecule has 14 heavy (non-hydrogen) atoms. The molecule has 1 aromatic rings. The van der Waals surface area contributed by atoms with E-state index in [4.69, 9.17) is 4.74 Å². The van der Waals surface area contributed by atoms with Crippen LogP contribution in [0.3, 0.4) is 0 Å². The van der Waals surface area contributed by atoms with Gasteiger partial charge in [0.2, 0.25) is 0 Å². The van der Waals surface area contributed by atoms with Gasteiger partial charge in [-0.3, -0.25) is 4.79 Å². The highest BCUT2D eigenvalue weighted by atomic mass is 127. The van der Waals surface area contributed by atoms with E-state index in [1.54, 1.807) is 0 Å². The molecule has 2 nitrogen and oxygen atoms in total. The maximum Gasteiger partial charge on any atom is 0.150 e. The van der Waals surface area contributed by atoms with E-state index >= 15 is 0 Å². The van der Waals surface area contributed by atoms with Gasteiger partial charge in [-0.2, -0.15) is 0 Å². The summed E-state index contributed by atoms with van der Waals surface area (Å²) >= 11 is 2.21. The summed E-state index contributed by atoms with van der Waals surface area (Å²) in [6.07, 6.45) is 0.886. The summed E-state index contributed by atoms with van der Waals surface area (Å²) in [7, 11) is 0. The van der Waals surface area contributed by atoms with E-state index in [9.17, 15) is 4.79 Å². The van der Waals surface area contributed by atoms with E-state index in [0.29, 0.717) is 6.61 Å². The first-order valence-corrected chi connectivity index (χ1v) is 5.54. The SMILES string of the molecule is CC1(C)COc2c(I)cc(C=O)cc21. The molecule has 1 heterocycles. The van der Waals surface area contributed by atoms with E-state index in [0.717, 1.165) is 26.7 Å². The zero-order chi connectivity index (χ0) is 10.3. The maximum absolute atomic E-state index is 10.7. The number of benzene rings is 1. The fourth-order valence-electron chi connectivity index (χ4n) is 1.66. The molecule has 0 fully saturated rings. The van der Waals surface area contributed by atoms with Crippen molar-refractivity contribution < 1.29 is 9.53 Å². The molecule has 0 bridgehead atoms. The molecular weight excluding hydrogens is 291 g/mol. The molecule has 1 aliphatic rings. The van der Waals surface area contributed by atoms with Crippen molar-refractivity contribution in [3.05, 3.63) is 26.8 Å². The average Bonchev–Trinajstić information content (AvgIpc) is 2.43. The number of hydrogen-bond acceptors (Lipinski definition) is 2. The highest BCUT2D eigenvalue weighted by molar-refractivity contribution is 14.1. The van der Waals surface area contributed by atoms with Crippen LogP contribution in [0.4, 0.5) is 0 Å². The van der Waals surface area contributed by atoms with E-state index in [1.807, 2.05) is 12.1 Å². The summed E-state index contributed by atoms with van der Waals surface area (Å²) in [5.74, 6) is 0.946. The zero-order valence-corrected chi connectivity index (χ0v) is 10.3. The van der Waals surface area contributed by atoms with Crippen molar-refractivity contribution in [3.8, 4) is 5.75 Å². The minimum absolute atomic E-state index is 0.0221. The number of halogens is 1. The lowest BCUT2D eigenvalue weighted by Gasteiger charge is -2.15. The summed E-state index contributed by atoms with van der Waals surface area (Å²) in [5, 5.41) is 0. The number of ether oxygens (including phenoxy) is 1. The average molecular weight is 302 g/mol. The first kappa shape index (κ1) is 9.96. The fraction of sp³-hybridized carbons (Fsp3) is 0.364. The van der Waals surface area contributed by atoms with Gasteiger partial charge in [0.05, 0.1) is 10.2 Å². The van der Waals surface area contributed by atoms with E-state index in [-0.39, 0.29) is 5.41 Å². The maximum atomic E-state index is 10.7.